The molecular formula is C16H17NO6. The average molecular weight is 319 g/mol. The highest BCUT2D eigenvalue weighted by molar-refractivity contribution is 6.06. The maximum atomic E-state index is 12.6. The predicted octanol–water partition coefficient (Wildman–Crippen LogP) is 0.628. The summed E-state index contributed by atoms with van der Waals surface area (Å²) in [7, 11) is 2.37. The van der Waals surface area contributed by atoms with Gasteiger partial charge in [-0.25, -0.2) is 0 Å². The molecule has 0 aliphatic carbocycles. The van der Waals surface area contributed by atoms with Gasteiger partial charge in [-0.1, -0.05) is 18.2 Å². The van der Waals surface area contributed by atoms with E-state index in [-0.39, 0.29) is 12.8 Å². The van der Waals surface area contributed by atoms with Crippen molar-refractivity contribution in [3.63, 3.8) is 0 Å². The zero-order valence-electron chi connectivity index (χ0n) is 12.8. The highest BCUT2D eigenvalue weighted by atomic mass is 16.5. The van der Waals surface area contributed by atoms with E-state index in [9.17, 15) is 19.5 Å². The van der Waals surface area contributed by atoms with Gasteiger partial charge in [0, 0.05) is 5.56 Å². The molecule has 122 valence electrons. The highest BCUT2D eigenvalue weighted by Gasteiger charge is 2.64. The Hall–Kier alpha value is -2.41. The Morgan fingerprint density at radius 1 is 1.22 bits per heavy atom. The minimum atomic E-state index is -1.68. The molecule has 1 saturated heterocycles. The number of amides is 1. The first-order valence-electron chi connectivity index (χ1n) is 7.25. The summed E-state index contributed by atoms with van der Waals surface area (Å²) in [6.45, 7) is 0. The molecule has 1 amide bonds. The minimum absolute atomic E-state index is 0.0380. The van der Waals surface area contributed by atoms with Crippen LogP contribution in [0, 0.1) is 5.41 Å². The zero-order valence-corrected chi connectivity index (χ0v) is 12.8. The van der Waals surface area contributed by atoms with Crippen molar-refractivity contribution in [2.24, 2.45) is 5.41 Å². The summed E-state index contributed by atoms with van der Waals surface area (Å²) in [5.41, 5.74) is -0.784. The van der Waals surface area contributed by atoms with Crippen LogP contribution in [-0.4, -0.2) is 48.3 Å². The number of rotatable bonds is 2. The number of fused-ring (bicyclic) bond motifs is 3. The van der Waals surface area contributed by atoms with Crippen LogP contribution in [0.25, 0.3) is 0 Å². The Bertz CT molecular complexity index is 669. The minimum Gasteiger partial charge on any atom is -0.468 e. The molecule has 2 aliphatic heterocycles. The summed E-state index contributed by atoms with van der Waals surface area (Å²) in [6, 6.07) is 5.77. The quantitative estimate of drug-likeness (QED) is 0.635. The first kappa shape index (κ1) is 15.5. The van der Waals surface area contributed by atoms with E-state index in [0.717, 1.165) is 0 Å². The van der Waals surface area contributed by atoms with Gasteiger partial charge in [0.25, 0.3) is 5.91 Å². The molecule has 1 aromatic rings. The molecular weight excluding hydrogens is 302 g/mol. The van der Waals surface area contributed by atoms with E-state index in [1.54, 1.807) is 24.3 Å². The number of hydrogen-bond donors (Lipinski definition) is 1. The second kappa shape index (κ2) is 5.34. The Kier molecular flexibility index (Phi) is 3.60. The Labute approximate surface area is 132 Å². The summed E-state index contributed by atoms with van der Waals surface area (Å²) >= 11 is 0. The fourth-order valence-electron chi connectivity index (χ4n) is 3.65. The molecule has 0 bridgehead atoms. The van der Waals surface area contributed by atoms with Gasteiger partial charge in [-0.3, -0.25) is 14.4 Å². The van der Waals surface area contributed by atoms with Crippen molar-refractivity contribution >= 4 is 17.8 Å². The lowest BCUT2D eigenvalue weighted by molar-refractivity contribution is -0.184. The molecule has 0 radical (unpaired) electrons. The second-order valence-corrected chi connectivity index (χ2v) is 5.68. The van der Waals surface area contributed by atoms with Crippen molar-refractivity contribution in [3.05, 3.63) is 35.4 Å². The molecule has 2 atom stereocenters. The second-order valence-electron chi connectivity index (χ2n) is 5.68. The molecule has 0 aromatic heterocycles. The largest absolute Gasteiger partial charge is 0.468 e. The molecule has 0 saturated carbocycles. The Balaban J connectivity index is 2.25. The first-order valence-corrected chi connectivity index (χ1v) is 7.25. The van der Waals surface area contributed by atoms with Gasteiger partial charge in [-0.05, 0) is 24.5 Å². The van der Waals surface area contributed by atoms with Crippen LogP contribution in [0.15, 0.2) is 24.3 Å². The number of aliphatic hydroxyl groups is 1. The molecule has 7 heteroatoms. The SMILES string of the molecule is COC(=O)C1(C(=O)OC)CC[C@H](O)N2C(=O)c3ccccc3[C@H]21. The third kappa shape index (κ3) is 1.89. The lowest BCUT2D eigenvalue weighted by Gasteiger charge is -2.45. The van der Waals surface area contributed by atoms with Gasteiger partial charge in [-0.2, -0.15) is 0 Å². The molecule has 23 heavy (non-hydrogen) atoms. The van der Waals surface area contributed by atoms with Crippen LogP contribution < -0.4 is 0 Å². The van der Waals surface area contributed by atoms with Crippen LogP contribution in [0.5, 0.6) is 0 Å². The van der Waals surface area contributed by atoms with E-state index in [0.29, 0.717) is 11.1 Å². The number of carbonyl (C=O) groups excluding carboxylic acids is 3. The third-order valence-corrected chi connectivity index (χ3v) is 4.68. The van der Waals surface area contributed by atoms with E-state index in [1.807, 2.05) is 0 Å². The molecule has 1 aromatic carbocycles. The van der Waals surface area contributed by atoms with Gasteiger partial charge >= 0.3 is 11.9 Å². The van der Waals surface area contributed by atoms with Crippen LogP contribution in [-0.2, 0) is 19.1 Å². The van der Waals surface area contributed by atoms with Gasteiger partial charge in [0.05, 0.1) is 20.3 Å². The van der Waals surface area contributed by atoms with Gasteiger partial charge in [-0.15, -0.1) is 0 Å². The highest BCUT2D eigenvalue weighted by Crippen LogP contribution is 2.53. The number of benzene rings is 1. The van der Waals surface area contributed by atoms with E-state index >= 15 is 0 Å². The van der Waals surface area contributed by atoms with Gasteiger partial charge in [0.2, 0.25) is 0 Å². The van der Waals surface area contributed by atoms with E-state index < -0.39 is 35.5 Å². The van der Waals surface area contributed by atoms with E-state index in [1.165, 1.54) is 19.1 Å². The van der Waals surface area contributed by atoms with Crippen LogP contribution in [0.2, 0.25) is 0 Å². The normalized spacial score (nSPS) is 24.7. The number of nitrogens with zero attached hydrogens (tertiary/aromatic N) is 1. The number of methoxy groups -OCH3 is 2. The fourth-order valence-corrected chi connectivity index (χ4v) is 3.65. The number of hydrogen-bond acceptors (Lipinski definition) is 6. The number of ether oxygens (including phenoxy) is 2. The van der Waals surface area contributed by atoms with Gasteiger partial charge < -0.3 is 19.5 Å². The zero-order chi connectivity index (χ0) is 16.8. The standard InChI is InChI=1S/C16H17NO6/c1-22-14(20)16(15(21)23-2)8-7-11(18)17-12(16)9-5-3-4-6-10(9)13(17)19/h3-6,11-12,18H,7-8H2,1-2H3/t11-,12-/m0/s1. The van der Waals surface area contributed by atoms with Crippen LogP contribution >= 0.6 is 0 Å². The average Bonchev–Trinajstić information content (AvgIpc) is 2.89. The number of piperidine rings is 1. The molecule has 0 unspecified atom stereocenters. The van der Waals surface area contributed by atoms with Gasteiger partial charge in [0.1, 0.15) is 6.23 Å². The van der Waals surface area contributed by atoms with Crippen LogP contribution in [0.1, 0.15) is 34.8 Å². The van der Waals surface area contributed by atoms with Crippen LogP contribution in [0.4, 0.5) is 0 Å². The molecule has 1 N–H and O–H groups in total. The molecule has 2 heterocycles. The van der Waals surface area contributed by atoms with Gasteiger partial charge in [0.15, 0.2) is 5.41 Å². The summed E-state index contributed by atoms with van der Waals surface area (Å²) in [5, 5.41) is 10.3. The summed E-state index contributed by atoms with van der Waals surface area (Å²) in [4.78, 5) is 38.8. The monoisotopic (exact) mass is 319 g/mol. The molecule has 7 nitrogen and oxygen atoms in total. The van der Waals surface area contributed by atoms with Crippen molar-refractivity contribution < 1.29 is 29.0 Å². The Morgan fingerprint density at radius 3 is 2.43 bits per heavy atom. The maximum absolute atomic E-state index is 12.6. The number of aliphatic hydroxyl groups excluding tert-OH is 1. The predicted molar refractivity (Wildman–Crippen MR) is 77.1 cm³/mol. The summed E-state index contributed by atoms with van der Waals surface area (Å²) < 4.78 is 9.70. The number of esters is 2. The molecule has 3 rings (SSSR count). The van der Waals surface area contributed by atoms with E-state index in [4.69, 9.17) is 9.47 Å². The molecule has 2 aliphatic rings. The molecule has 0 spiro atoms. The van der Waals surface area contributed by atoms with Crippen molar-refractivity contribution in [2.75, 3.05) is 14.2 Å². The smallest absolute Gasteiger partial charge is 0.325 e. The van der Waals surface area contributed by atoms with Crippen molar-refractivity contribution in [1.82, 2.24) is 4.90 Å². The fraction of sp³-hybridized carbons (Fsp3) is 0.438. The number of carbonyl (C=O) groups is 3. The lowest BCUT2D eigenvalue weighted by atomic mass is 9.70. The van der Waals surface area contributed by atoms with Crippen molar-refractivity contribution in [3.8, 4) is 0 Å². The molecule has 1 fully saturated rings. The Morgan fingerprint density at radius 2 is 1.83 bits per heavy atom. The van der Waals surface area contributed by atoms with Crippen molar-refractivity contribution in [1.29, 1.82) is 0 Å². The third-order valence-electron chi connectivity index (χ3n) is 4.68. The first-order chi connectivity index (χ1) is 11.0. The lowest BCUT2D eigenvalue weighted by Crippen LogP contribution is -2.57. The van der Waals surface area contributed by atoms with E-state index in [2.05, 4.69) is 0 Å². The van der Waals surface area contributed by atoms with Crippen LogP contribution in [0.3, 0.4) is 0 Å². The summed E-state index contributed by atoms with van der Waals surface area (Å²) in [5.74, 6) is -1.94. The topological polar surface area (TPSA) is 93.1 Å². The summed E-state index contributed by atoms with van der Waals surface area (Å²) in [6.07, 6.45) is -0.946. The maximum Gasteiger partial charge on any atom is 0.325 e. The van der Waals surface area contributed by atoms with Crippen molar-refractivity contribution in [2.45, 2.75) is 25.1 Å².